The molecule has 1 aromatic carbocycles. The largest absolute Gasteiger partial charge is 0.480 e. The van der Waals surface area contributed by atoms with Gasteiger partial charge in [0.05, 0.1) is 0 Å². The summed E-state index contributed by atoms with van der Waals surface area (Å²) in [4.78, 5) is 34.2. The monoisotopic (exact) mass is 292 g/mol. The Kier molecular flexibility index (Phi) is 5.90. The highest BCUT2D eigenvalue weighted by Crippen LogP contribution is 2.12. The van der Waals surface area contributed by atoms with Gasteiger partial charge in [0, 0.05) is 18.2 Å². The second-order valence-corrected chi connectivity index (χ2v) is 5.26. The number of benzene rings is 1. The summed E-state index contributed by atoms with van der Waals surface area (Å²) >= 11 is 0. The van der Waals surface area contributed by atoms with E-state index in [4.69, 9.17) is 5.11 Å². The van der Waals surface area contributed by atoms with Crippen LogP contribution < -0.4 is 10.6 Å². The SMILES string of the molecule is CC(=O)Nc1cccc(C(=O)N[C@H](CC(C)C)C(=O)O)c1. The normalized spacial score (nSPS) is 11.8. The van der Waals surface area contributed by atoms with Crippen LogP contribution in [0.25, 0.3) is 0 Å². The molecule has 6 nitrogen and oxygen atoms in total. The molecule has 2 amide bonds. The van der Waals surface area contributed by atoms with Gasteiger partial charge in [0.15, 0.2) is 0 Å². The Balaban J connectivity index is 2.82. The molecule has 1 atom stereocenters. The lowest BCUT2D eigenvalue weighted by molar-refractivity contribution is -0.139. The molecule has 0 spiro atoms. The summed E-state index contributed by atoms with van der Waals surface area (Å²) in [6.07, 6.45) is 0.354. The zero-order valence-corrected chi connectivity index (χ0v) is 12.3. The van der Waals surface area contributed by atoms with Crippen molar-refractivity contribution in [2.45, 2.75) is 33.2 Å². The fraction of sp³-hybridized carbons (Fsp3) is 0.400. The van der Waals surface area contributed by atoms with Crippen molar-refractivity contribution in [3.8, 4) is 0 Å². The molecule has 1 aromatic rings. The summed E-state index contributed by atoms with van der Waals surface area (Å²) in [5.74, 6) is -1.63. The van der Waals surface area contributed by atoms with Crippen LogP contribution in [-0.4, -0.2) is 28.9 Å². The lowest BCUT2D eigenvalue weighted by Gasteiger charge is -2.16. The summed E-state index contributed by atoms with van der Waals surface area (Å²) in [5.41, 5.74) is 0.794. The number of nitrogens with one attached hydrogen (secondary N) is 2. The van der Waals surface area contributed by atoms with Crippen molar-refractivity contribution in [2.24, 2.45) is 5.92 Å². The molecule has 0 aliphatic carbocycles. The summed E-state index contributed by atoms with van der Waals surface area (Å²) in [6.45, 7) is 5.15. The van der Waals surface area contributed by atoms with Crippen molar-refractivity contribution in [3.05, 3.63) is 29.8 Å². The van der Waals surface area contributed by atoms with Crippen LogP contribution in [0.5, 0.6) is 0 Å². The van der Waals surface area contributed by atoms with Gasteiger partial charge in [0.2, 0.25) is 5.91 Å². The third kappa shape index (κ3) is 5.64. The predicted molar refractivity (Wildman–Crippen MR) is 79.1 cm³/mol. The van der Waals surface area contributed by atoms with Crippen LogP contribution in [0.2, 0.25) is 0 Å². The molecule has 0 bridgehead atoms. The zero-order chi connectivity index (χ0) is 16.0. The van der Waals surface area contributed by atoms with Gasteiger partial charge in [0.25, 0.3) is 5.91 Å². The average molecular weight is 292 g/mol. The Labute approximate surface area is 123 Å². The molecule has 0 aliphatic rings. The molecule has 0 fully saturated rings. The highest BCUT2D eigenvalue weighted by molar-refractivity contribution is 5.98. The van der Waals surface area contributed by atoms with E-state index >= 15 is 0 Å². The van der Waals surface area contributed by atoms with E-state index in [0.29, 0.717) is 17.7 Å². The van der Waals surface area contributed by atoms with Gasteiger partial charge in [-0.1, -0.05) is 19.9 Å². The molecule has 0 aliphatic heterocycles. The number of carbonyl (C=O) groups is 3. The molecule has 0 saturated heterocycles. The molecule has 21 heavy (non-hydrogen) atoms. The molecule has 114 valence electrons. The van der Waals surface area contributed by atoms with Gasteiger partial charge in [-0.05, 0) is 30.5 Å². The molecule has 0 radical (unpaired) electrons. The lowest BCUT2D eigenvalue weighted by Crippen LogP contribution is -2.41. The van der Waals surface area contributed by atoms with Crippen molar-refractivity contribution < 1.29 is 19.5 Å². The number of carboxylic acids is 1. The molecule has 0 unspecified atom stereocenters. The number of rotatable bonds is 6. The lowest BCUT2D eigenvalue weighted by atomic mass is 10.0. The molecule has 0 aromatic heterocycles. The first-order valence-corrected chi connectivity index (χ1v) is 6.71. The van der Waals surface area contributed by atoms with Crippen molar-refractivity contribution in [1.29, 1.82) is 0 Å². The maximum absolute atomic E-state index is 12.1. The van der Waals surface area contributed by atoms with Crippen LogP contribution in [0.15, 0.2) is 24.3 Å². The van der Waals surface area contributed by atoms with E-state index in [9.17, 15) is 14.4 Å². The Hall–Kier alpha value is -2.37. The van der Waals surface area contributed by atoms with E-state index in [1.54, 1.807) is 18.2 Å². The average Bonchev–Trinajstić information content (AvgIpc) is 2.36. The fourth-order valence-corrected chi connectivity index (χ4v) is 1.88. The third-order valence-corrected chi connectivity index (χ3v) is 2.76. The highest BCUT2D eigenvalue weighted by atomic mass is 16.4. The van der Waals surface area contributed by atoms with E-state index in [1.165, 1.54) is 13.0 Å². The van der Waals surface area contributed by atoms with Crippen LogP contribution in [0.1, 0.15) is 37.6 Å². The third-order valence-electron chi connectivity index (χ3n) is 2.76. The van der Waals surface area contributed by atoms with Gasteiger partial charge < -0.3 is 15.7 Å². The van der Waals surface area contributed by atoms with Crippen LogP contribution in [0, 0.1) is 5.92 Å². The molecule has 0 saturated carbocycles. The number of anilines is 1. The van der Waals surface area contributed by atoms with E-state index in [-0.39, 0.29) is 11.8 Å². The molecule has 3 N–H and O–H groups in total. The molecule has 1 rings (SSSR count). The first-order chi connectivity index (χ1) is 9.79. The number of carboxylic acid groups (broad SMARTS) is 1. The first-order valence-electron chi connectivity index (χ1n) is 6.71. The molecular formula is C15H20N2O4. The first kappa shape index (κ1) is 16.7. The van der Waals surface area contributed by atoms with Crippen molar-refractivity contribution in [3.63, 3.8) is 0 Å². The number of hydrogen-bond donors (Lipinski definition) is 3. The van der Waals surface area contributed by atoms with E-state index in [1.807, 2.05) is 13.8 Å². The minimum absolute atomic E-state index is 0.150. The van der Waals surface area contributed by atoms with Crippen LogP contribution >= 0.6 is 0 Å². The molecular weight excluding hydrogens is 272 g/mol. The van der Waals surface area contributed by atoms with Gasteiger partial charge in [0.1, 0.15) is 6.04 Å². The fourth-order valence-electron chi connectivity index (χ4n) is 1.88. The molecule has 0 heterocycles. The van der Waals surface area contributed by atoms with Crippen LogP contribution in [0.4, 0.5) is 5.69 Å². The topological polar surface area (TPSA) is 95.5 Å². The molecule has 6 heteroatoms. The Morgan fingerprint density at radius 1 is 1.24 bits per heavy atom. The van der Waals surface area contributed by atoms with E-state index in [2.05, 4.69) is 10.6 Å². The second kappa shape index (κ2) is 7.42. The minimum atomic E-state index is -1.06. The maximum Gasteiger partial charge on any atom is 0.326 e. The quantitative estimate of drug-likeness (QED) is 0.746. The Morgan fingerprint density at radius 2 is 1.90 bits per heavy atom. The summed E-state index contributed by atoms with van der Waals surface area (Å²) in [7, 11) is 0. The van der Waals surface area contributed by atoms with Crippen LogP contribution in [-0.2, 0) is 9.59 Å². The van der Waals surface area contributed by atoms with Crippen molar-refractivity contribution >= 4 is 23.5 Å². The van der Waals surface area contributed by atoms with Crippen molar-refractivity contribution in [1.82, 2.24) is 5.32 Å². The number of carbonyl (C=O) groups excluding carboxylic acids is 2. The second-order valence-electron chi connectivity index (χ2n) is 5.26. The van der Waals surface area contributed by atoms with Crippen molar-refractivity contribution in [2.75, 3.05) is 5.32 Å². The number of amides is 2. The van der Waals surface area contributed by atoms with Gasteiger partial charge in [-0.2, -0.15) is 0 Å². The Bertz CT molecular complexity index is 540. The minimum Gasteiger partial charge on any atom is -0.480 e. The predicted octanol–water partition coefficient (Wildman–Crippen LogP) is 1.87. The van der Waals surface area contributed by atoms with Gasteiger partial charge in [-0.25, -0.2) is 4.79 Å². The maximum atomic E-state index is 12.1. The summed E-state index contributed by atoms with van der Waals surface area (Å²) in [5, 5.41) is 14.2. The summed E-state index contributed by atoms with van der Waals surface area (Å²) in [6, 6.07) is 5.42. The Morgan fingerprint density at radius 3 is 2.43 bits per heavy atom. The van der Waals surface area contributed by atoms with Gasteiger partial charge in [-0.3, -0.25) is 9.59 Å². The van der Waals surface area contributed by atoms with Gasteiger partial charge in [-0.15, -0.1) is 0 Å². The van der Waals surface area contributed by atoms with Gasteiger partial charge >= 0.3 is 5.97 Å². The zero-order valence-electron chi connectivity index (χ0n) is 12.3. The number of aliphatic carboxylic acids is 1. The van der Waals surface area contributed by atoms with Crippen LogP contribution in [0.3, 0.4) is 0 Å². The summed E-state index contributed by atoms with van der Waals surface area (Å²) < 4.78 is 0. The smallest absolute Gasteiger partial charge is 0.326 e. The number of hydrogen-bond acceptors (Lipinski definition) is 3. The standard InChI is InChI=1S/C15H20N2O4/c1-9(2)7-13(15(20)21)17-14(19)11-5-4-6-12(8-11)16-10(3)18/h4-6,8-9,13H,7H2,1-3H3,(H,16,18)(H,17,19)(H,20,21)/t13-/m1/s1. The van der Waals surface area contributed by atoms with E-state index in [0.717, 1.165) is 0 Å². The van der Waals surface area contributed by atoms with E-state index < -0.39 is 17.9 Å². The highest BCUT2D eigenvalue weighted by Gasteiger charge is 2.21.